The maximum Gasteiger partial charge on any atom is 0.311 e. The number of halogens is 2. The van der Waals surface area contributed by atoms with Crippen molar-refractivity contribution < 1.29 is 31.3 Å². The lowest BCUT2D eigenvalue weighted by atomic mass is 9.91. The van der Waals surface area contributed by atoms with Gasteiger partial charge in [-0.2, -0.15) is 8.42 Å². The van der Waals surface area contributed by atoms with Crippen LogP contribution in [-0.2, 0) is 19.6 Å². The fraction of sp³-hybridized carbons (Fsp3) is 0.889. The Hall–Kier alpha value is -0.760. The van der Waals surface area contributed by atoms with Gasteiger partial charge in [-0.3, -0.25) is 9.35 Å². The third kappa shape index (κ3) is 6.52. The van der Waals surface area contributed by atoms with E-state index in [1.165, 1.54) is 13.8 Å². The second kappa shape index (κ2) is 5.26. The number of carbonyl (C=O) groups is 1. The van der Waals surface area contributed by atoms with E-state index in [2.05, 4.69) is 4.74 Å². The molecule has 17 heavy (non-hydrogen) atoms. The van der Waals surface area contributed by atoms with Gasteiger partial charge in [0.05, 0.1) is 5.41 Å². The Morgan fingerprint density at radius 3 is 2.18 bits per heavy atom. The lowest BCUT2D eigenvalue weighted by molar-refractivity contribution is -0.163. The Balaban J connectivity index is 4.43. The van der Waals surface area contributed by atoms with E-state index in [0.29, 0.717) is 6.42 Å². The molecule has 0 amide bonds. The first-order valence-electron chi connectivity index (χ1n) is 4.90. The fourth-order valence-corrected chi connectivity index (χ4v) is 1.44. The predicted molar refractivity (Wildman–Crippen MR) is 56.4 cm³/mol. The highest BCUT2D eigenvalue weighted by Gasteiger charge is 2.38. The van der Waals surface area contributed by atoms with E-state index in [9.17, 15) is 22.0 Å². The van der Waals surface area contributed by atoms with Crippen LogP contribution in [0.5, 0.6) is 0 Å². The van der Waals surface area contributed by atoms with Crippen LogP contribution in [0.25, 0.3) is 0 Å². The van der Waals surface area contributed by atoms with E-state index in [1.807, 2.05) is 0 Å². The summed E-state index contributed by atoms with van der Waals surface area (Å²) in [6.07, 6.45) is 0.399. The van der Waals surface area contributed by atoms with E-state index in [1.54, 1.807) is 6.92 Å². The maximum atomic E-state index is 13.0. The molecule has 0 atom stereocenters. The Labute approximate surface area is 98.9 Å². The van der Waals surface area contributed by atoms with Gasteiger partial charge in [-0.15, -0.1) is 0 Å². The normalized spacial score (nSPS) is 13.5. The molecular weight excluding hydrogens is 258 g/mol. The van der Waals surface area contributed by atoms with Crippen LogP contribution < -0.4 is 0 Å². The van der Waals surface area contributed by atoms with Gasteiger partial charge in [0.2, 0.25) is 0 Å². The van der Waals surface area contributed by atoms with Gasteiger partial charge in [-0.25, -0.2) is 8.78 Å². The number of carbonyl (C=O) groups excluding carboxylic acids is 1. The molecule has 0 spiro atoms. The molecule has 0 aromatic rings. The molecule has 1 N–H and O–H groups in total. The number of alkyl halides is 2. The Bertz CT molecular complexity index is 375. The molecule has 0 fully saturated rings. The first-order valence-corrected chi connectivity index (χ1v) is 6.51. The summed E-state index contributed by atoms with van der Waals surface area (Å²) < 4.78 is 59.1. The van der Waals surface area contributed by atoms with Crippen LogP contribution >= 0.6 is 0 Å². The standard InChI is InChI=1S/C9H16F2O5S/c1-4-8(2,3)7(12)16-5-9(10,11)6-17(13,14)15/h4-6H2,1-3H3,(H,13,14,15). The molecule has 0 aliphatic heterocycles. The van der Waals surface area contributed by atoms with Gasteiger partial charge in [0, 0.05) is 0 Å². The van der Waals surface area contributed by atoms with Crippen molar-refractivity contribution in [3.05, 3.63) is 0 Å². The van der Waals surface area contributed by atoms with Crippen molar-refractivity contribution in [2.45, 2.75) is 33.1 Å². The predicted octanol–water partition coefficient (Wildman–Crippen LogP) is 1.49. The van der Waals surface area contributed by atoms with E-state index in [-0.39, 0.29) is 0 Å². The molecule has 0 saturated carbocycles. The minimum Gasteiger partial charge on any atom is -0.459 e. The van der Waals surface area contributed by atoms with Crippen molar-refractivity contribution in [2.75, 3.05) is 12.4 Å². The molecule has 8 heteroatoms. The highest BCUT2D eigenvalue weighted by atomic mass is 32.2. The lowest BCUT2D eigenvalue weighted by Crippen LogP contribution is -2.36. The van der Waals surface area contributed by atoms with Gasteiger partial charge < -0.3 is 4.74 Å². The first kappa shape index (κ1) is 16.2. The molecule has 5 nitrogen and oxygen atoms in total. The van der Waals surface area contributed by atoms with Gasteiger partial charge >= 0.3 is 5.97 Å². The van der Waals surface area contributed by atoms with Crippen LogP contribution in [0.15, 0.2) is 0 Å². The highest BCUT2D eigenvalue weighted by molar-refractivity contribution is 7.85. The van der Waals surface area contributed by atoms with E-state index in [4.69, 9.17) is 4.55 Å². The summed E-state index contributed by atoms with van der Waals surface area (Å²) in [6, 6.07) is 0. The zero-order chi connectivity index (χ0) is 13.9. The molecule has 0 aliphatic rings. The Kier molecular flexibility index (Phi) is 5.02. The molecule has 0 aliphatic carbocycles. The number of hydrogen-bond donors (Lipinski definition) is 1. The third-order valence-electron chi connectivity index (χ3n) is 2.24. The quantitative estimate of drug-likeness (QED) is 0.586. The van der Waals surface area contributed by atoms with Crippen LogP contribution in [0.3, 0.4) is 0 Å². The summed E-state index contributed by atoms with van der Waals surface area (Å²) in [7, 11) is -4.81. The van der Waals surface area contributed by atoms with Gasteiger partial charge in [0.25, 0.3) is 16.0 Å². The first-order chi connectivity index (χ1) is 7.40. The summed E-state index contributed by atoms with van der Waals surface area (Å²) in [5.41, 5.74) is -0.909. The Morgan fingerprint density at radius 1 is 1.35 bits per heavy atom. The average molecular weight is 274 g/mol. The zero-order valence-electron chi connectivity index (χ0n) is 9.87. The van der Waals surface area contributed by atoms with Crippen molar-refractivity contribution in [3.8, 4) is 0 Å². The maximum absolute atomic E-state index is 13.0. The van der Waals surface area contributed by atoms with Crippen molar-refractivity contribution in [2.24, 2.45) is 5.41 Å². The van der Waals surface area contributed by atoms with Gasteiger partial charge in [-0.1, -0.05) is 6.92 Å². The molecule has 0 saturated heterocycles. The smallest absolute Gasteiger partial charge is 0.311 e. The van der Waals surface area contributed by atoms with E-state index < -0.39 is 39.8 Å². The summed E-state index contributed by atoms with van der Waals surface area (Å²) in [5, 5.41) is 0. The summed E-state index contributed by atoms with van der Waals surface area (Å²) in [5.74, 6) is -6.40. The largest absolute Gasteiger partial charge is 0.459 e. The third-order valence-corrected chi connectivity index (χ3v) is 3.03. The molecule has 0 unspecified atom stereocenters. The number of rotatable bonds is 6. The van der Waals surface area contributed by atoms with Crippen LogP contribution in [0.1, 0.15) is 27.2 Å². The van der Waals surface area contributed by atoms with E-state index in [0.717, 1.165) is 0 Å². The molecule has 102 valence electrons. The van der Waals surface area contributed by atoms with Crippen LogP contribution in [0.4, 0.5) is 8.78 Å². The monoisotopic (exact) mass is 274 g/mol. The number of hydrogen-bond acceptors (Lipinski definition) is 4. The van der Waals surface area contributed by atoms with Gasteiger partial charge in [-0.05, 0) is 20.3 Å². The lowest BCUT2D eigenvalue weighted by Gasteiger charge is -2.22. The highest BCUT2D eigenvalue weighted by Crippen LogP contribution is 2.23. The van der Waals surface area contributed by atoms with Crippen LogP contribution in [0.2, 0.25) is 0 Å². The van der Waals surface area contributed by atoms with Crippen molar-refractivity contribution in [1.82, 2.24) is 0 Å². The topological polar surface area (TPSA) is 80.7 Å². The molecule has 0 rings (SSSR count). The Morgan fingerprint density at radius 2 is 1.82 bits per heavy atom. The van der Waals surface area contributed by atoms with Crippen LogP contribution in [0, 0.1) is 5.41 Å². The molecule has 0 bridgehead atoms. The summed E-state index contributed by atoms with van der Waals surface area (Å²) in [4.78, 5) is 11.3. The average Bonchev–Trinajstić information content (AvgIpc) is 2.10. The fourth-order valence-electron chi connectivity index (χ4n) is 0.819. The van der Waals surface area contributed by atoms with Crippen molar-refractivity contribution in [1.29, 1.82) is 0 Å². The molecule has 0 heterocycles. The minimum absolute atomic E-state index is 0.399. The SMILES string of the molecule is CCC(C)(C)C(=O)OCC(F)(F)CS(=O)(=O)O. The van der Waals surface area contributed by atoms with E-state index >= 15 is 0 Å². The second-order valence-electron chi connectivity index (χ2n) is 4.40. The number of ether oxygens (including phenoxy) is 1. The minimum atomic E-state index is -4.81. The van der Waals surface area contributed by atoms with Gasteiger partial charge in [0.1, 0.15) is 5.75 Å². The zero-order valence-corrected chi connectivity index (χ0v) is 10.7. The molecule has 0 radical (unpaired) electrons. The van der Waals surface area contributed by atoms with Crippen molar-refractivity contribution >= 4 is 16.1 Å². The van der Waals surface area contributed by atoms with Gasteiger partial charge in [0.15, 0.2) is 6.61 Å². The summed E-state index contributed by atoms with van der Waals surface area (Å²) in [6.45, 7) is 3.37. The number of esters is 1. The molecule has 0 aromatic heterocycles. The molecule has 0 aromatic carbocycles. The summed E-state index contributed by atoms with van der Waals surface area (Å²) >= 11 is 0. The van der Waals surface area contributed by atoms with Crippen LogP contribution in [-0.4, -0.2) is 37.2 Å². The second-order valence-corrected chi connectivity index (χ2v) is 5.85. The molecular formula is C9H16F2O5S. The van der Waals surface area contributed by atoms with Crippen molar-refractivity contribution in [3.63, 3.8) is 0 Å².